The van der Waals surface area contributed by atoms with Crippen molar-refractivity contribution in [3.8, 4) is 0 Å². The van der Waals surface area contributed by atoms with E-state index in [4.69, 9.17) is 31.2 Å². The van der Waals surface area contributed by atoms with Gasteiger partial charge in [0.05, 0.1) is 32.8 Å². The molecule has 2 aliphatic carbocycles. The number of ether oxygens (including phenoxy) is 2. The molecule has 43 heavy (non-hydrogen) atoms. The average Bonchev–Trinajstić information content (AvgIpc) is 3.22. The first kappa shape index (κ1) is 38.1. The SMILES string of the molecule is C=C1C=CC(=O)N1CCC(=O)NCCOCCOCCC(=O)NN=C1CC(C(=O)O)(C(=O)O)C1.[NH-]C[C@@H]1CC[C@H]1C[NH-].[Pt+2]. The molecular formula is C27H40N6O9Pt. The topological polar surface area (TPSA) is 232 Å². The molecule has 0 aromatic heterocycles. The number of amides is 3. The molecule has 1 heterocycles. The second-order valence-electron chi connectivity index (χ2n) is 10.2. The van der Waals surface area contributed by atoms with Gasteiger partial charge in [0, 0.05) is 49.8 Å². The predicted octanol–water partition coefficient (Wildman–Crippen LogP) is 1.36. The van der Waals surface area contributed by atoms with Crippen LogP contribution in [0.4, 0.5) is 0 Å². The van der Waals surface area contributed by atoms with Gasteiger partial charge in [0.1, 0.15) is 0 Å². The summed E-state index contributed by atoms with van der Waals surface area (Å²) in [4.78, 5) is 58.5. The van der Waals surface area contributed by atoms with E-state index in [0.717, 1.165) is 0 Å². The second-order valence-corrected chi connectivity index (χ2v) is 10.2. The molecule has 15 nitrogen and oxygen atoms in total. The summed E-state index contributed by atoms with van der Waals surface area (Å²) in [7, 11) is 0. The predicted molar refractivity (Wildman–Crippen MR) is 151 cm³/mol. The summed E-state index contributed by atoms with van der Waals surface area (Å²) < 4.78 is 10.6. The van der Waals surface area contributed by atoms with Crippen LogP contribution in [0.1, 0.15) is 38.5 Å². The first-order valence-electron chi connectivity index (χ1n) is 13.7. The van der Waals surface area contributed by atoms with Crippen molar-refractivity contribution < 1.29 is 64.7 Å². The smallest absolute Gasteiger partial charge is 0.677 e. The summed E-state index contributed by atoms with van der Waals surface area (Å²) in [6.07, 6.45) is 5.07. The number of hydrazone groups is 1. The Morgan fingerprint density at radius 1 is 0.953 bits per heavy atom. The molecule has 6 N–H and O–H groups in total. The number of hydrogen-bond acceptors (Lipinski definition) is 8. The van der Waals surface area contributed by atoms with Crippen LogP contribution < -0.4 is 10.7 Å². The van der Waals surface area contributed by atoms with E-state index >= 15 is 0 Å². The number of nitrogens with one attached hydrogen (secondary N) is 4. The normalized spacial score (nSPS) is 19.7. The van der Waals surface area contributed by atoms with Crippen molar-refractivity contribution in [1.29, 1.82) is 0 Å². The standard InChI is InChI=1S/C21H28N4O9.C6H12N2.Pt/c1-14-2-3-18(28)25(14)7-4-16(26)22-6-9-34-11-10-33-8-5-17(27)24-23-15-12-21(13-15,19(29)30)20(31)32;7-3-5-1-2-6(5)4-8;/h2-3H,1,4-13H2,(H,22,26)(H,24,27)(H,29,30)(H,31,32);5-8H,1-4H2;/q;-2;+2/t;5-,6-;/m.0./s1. The number of nitrogens with zero attached hydrogens (tertiary/aromatic N) is 2. The number of allylic oxidation sites excluding steroid dienone is 1. The zero-order valence-corrected chi connectivity index (χ0v) is 26.2. The van der Waals surface area contributed by atoms with Gasteiger partial charge < -0.3 is 41.4 Å². The van der Waals surface area contributed by atoms with Crippen molar-refractivity contribution in [2.24, 2.45) is 22.4 Å². The molecule has 0 radical (unpaired) electrons. The first-order chi connectivity index (χ1) is 20.0. The second kappa shape index (κ2) is 19.3. The summed E-state index contributed by atoms with van der Waals surface area (Å²) in [6, 6.07) is 0. The van der Waals surface area contributed by atoms with E-state index in [0.29, 0.717) is 42.9 Å². The largest absolute Gasteiger partial charge is 2.00 e. The number of aliphatic carboxylic acids is 2. The van der Waals surface area contributed by atoms with Gasteiger partial charge in [0.2, 0.25) is 11.8 Å². The van der Waals surface area contributed by atoms with Gasteiger partial charge in [-0.2, -0.15) is 5.10 Å². The monoisotopic (exact) mass is 787 g/mol. The Bertz CT molecular complexity index is 1010. The van der Waals surface area contributed by atoms with Gasteiger partial charge >= 0.3 is 33.0 Å². The minimum atomic E-state index is -1.86. The maximum atomic E-state index is 11.8. The van der Waals surface area contributed by atoms with E-state index in [9.17, 15) is 24.0 Å². The number of carboxylic acids is 2. The van der Waals surface area contributed by atoms with E-state index in [1.165, 1.54) is 23.8 Å². The maximum absolute atomic E-state index is 11.8. The van der Waals surface area contributed by atoms with Crippen LogP contribution in [0.15, 0.2) is 29.5 Å². The minimum Gasteiger partial charge on any atom is -0.677 e. The third kappa shape index (κ3) is 11.9. The number of carboxylic acid groups (broad SMARTS) is 2. The Morgan fingerprint density at radius 3 is 2.02 bits per heavy atom. The summed E-state index contributed by atoms with van der Waals surface area (Å²) >= 11 is 0. The molecule has 0 aromatic carbocycles. The molecule has 242 valence electrons. The van der Waals surface area contributed by atoms with Crippen LogP contribution in [0.5, 0.6) is 0 Å². The average molecular weight is 788 g/mol. The third-order valence-corrected chi connectivity index (χ3v) is 7.28. The van der Waals surface area contributed by atoms with Crippen molar-refractivity contribution >= 4 is 35.4 Å². The van der Waals surface area contributed by atoms with E-state index in [1.54, 1.807) is 6.08 Å². The third-order valence-electron chi connectivity index (χ3n) is 7.28. The van der Waals surface area contributed by atoms with Gasteiger partial charge in [-0.15, -0.1) is 13.1 Å². The van der Waals surface area contributed by atoms with E-state index in [1.807, 2.05) is 0 Å². The van der Waals surface area contributed by atoms with Crippen LogP contribution in [-0.2, 0) is 54.5 Å². The van der Waals surface area contributed by atoms with Gasteiger partial charge in [-0.25, -0.2) is 5.43 Å². The molecule has 1 aliphatic heterocycles. The molecule has 0 bridgehead atoms. The van der Waals surface area contributed by atoms with Crippen LogP contribution in [0.3, 0.4) is 0 Å². The van der Waals surface area contributed by atoms with Crippen molar-refractivity contribution in [2.45, 2.75) is 38.5 Å². The zero-order valence-electron chi connectivity index (χ0n) is 23.9. The summed E-state index contributed by atoms with van der Waals surface area (Å²) in [5.41, 5.74) is 15.3. The molecule has 0 unspecified atom stereocenters. The Kier molecular flexibility index (Phi) is 17.1. The van der Waals surface area contributed by atoms with Gasteiger partial charge in [0.15, 0.2) is 5.41 Å². The molecule has 2 saturated carbocycles. The van der Waals surface area contributed by atoms with E-state index in [-0.39, 0.29) is 91.5 Å². The molecule has 16 heteroatoms. The van der Waals surface area contributed by atoms with Crippen molar-refractivity contribution in [3.63, 3.8) is 0 Å². The summed E-state index contributed by atoms with van der Waals surface area (Å²) in [5.74, 6) is -2.55. The van der Waals surface area contributed by atoms with Crippen LogP contribution in [0, 0.1) is 17.3 Å². The molecule has 0 spiro atoms. The van der Waals surface area contributed by atoms with Crippen LogP contribution in [-0.4, -0.2) is 103 Å². The minimum absolute atomic E-state index is 0. The van der Waals surface area contributed by atoms with Crippen LogP contribution in [0.2, 0.25) is 0 Å². The van der Waals surface area contributed by atoms with Gasteiger partial charge in [0.25, 0.3) is 5.91 Å². The Balaban J connectivity index is 0.000000885. The van der Waals surface area contributed by atoms with Crippen molar-refractivity contribution in [1.82, 2.24) is 15.6 Å². The molecule has 3 rings (SSSR count). The van der Waals surface area contributed by atoms with Crippen molar-refractivity contribution in [3.05, 3.63) is 35.9 Å². The molecule has 0 aromatic rings. The number of hydrogen-bond donors (Lipinski definition) is 4. The summed E-state index contributed by atoms with van der Waals surface area (Å²) in [5, 5.41) is 24.4. The van der Waals surface area contributed by atoms with Crippen LogP contribution >= 0.6 is 0 Å². The Morgan fingerprint density at radius 2 is 1.53 bits per heavy atom. The van der Waals surface area contributed by atoms with Crippen molar-refractivity contribution in [2.75, 3.05) is 52.6 Å². The fraction of sp³-hybridized carbons (Fsp3) is 0.630. The van der Waals surface area contributed by atoms with E-state index in [2.05, 4.69) is 22.4 Å². The van der Waals surface area contributed by atoms with Gasteiger partial charge in [-0.3, -0.25) is 24.0 Å². The number of rotatable bonds is 17. The Labute approximate surface area is 264 Å². The molecule has 0 saturated heterocycles. The first-order valence-corrected chi connectivity index (χ1v) is 13.7. The number of carbonyl (C=O) groups excluding carboxylic acids is 3. The molecular weight excluding hydrogens is 747 g/mol. The fourth-order valence-corrected chi connectivity index (χ4v) is 4.28. The fourth-order valence-electron chi connectivity index (χ4n) is 4.28. The van der Waals surface area contributed by atoms with Gasteiger partial charge in [-0.1, -0.05) is 31.3 Å². The number of carbonyl (C=O) groups is 5. The van der Waals surface area contributed by atoms with Crippen LogP contribution in [0.25, 0.3) is 11.5 Å². The Hall–Kier alpha value is -2.97. The van der Waals surface area contributed by atoms with E-state index < -0.39 is 23.3 Å². The summed E-state index contributed by atoms with van der Waals surface area (Å²) in [6.45, 7) is 6.26. The maximum Gasteiger partial charge on any atom is 2.00 e. The quantitative estimate of drug-likeness (QED) is 0.0946. The molecule has 3 aliphatic rings. The zero-order chi connectivity index (χ0) is 31.1. The molecule has 2 atom stereocenters. The molecule has 3 amide bonds. The molecule has 2 fully saturated rings. The van der Waals surface area contributed by atoms with Gasteiger partial charge in [-0.05, 0) is 6.08 Å².